The lowest BCUT2D eigenvalue weighted by Crippen LogP contribution is -2.42. The molecule has 0 bridgehead atoms. The molecule has 5 aliphatic rings. The van der Waals surface area contributed by atoms with E-state index in [1.807, 2.05) is 0 Å². The van der Waals surface area contributed by atoms with Gasteiger partial charge in [0.25, 0.3) is 0 Å². The summed E-state index contributed by atoms with van der Waals surface area (Å²) in [6, 6.07) is 46.9. The number of aryl methyl sites for hydroxylation is 6. The lowest BCUT2D eigenvalue weighted by atomic mass is 9.55. The van der Waals surface area contributed by atoms with E-state index in [4.69, 9.17) is 15.7 Å². The summed E-state index contributed by atoms with van der Waals surface area (Å²) in [7, 11) is 13.5. The molecule has 0 nitrogen and oxygen atoms in total. The molecule has 0 heterocycles. The average Bonchev–Trinajstić information content (AvgIpc) is 3.70. The molecule has 0 aromatic heterocycles. The van der Waals surface area contributed by atoms with Gasteiger partial charge in [-0.1, -0.05) is 213 Å². The third kappa shape index (κ3) is 6.63. The Morgan fingerprint density at radius 3 is 1.62 bits per heavy atom. The molecule has 6 aromatic rings. The number of benzene rings is 6. The van der Waals surface area contributed by atoms with E-state index in [0.29, 0.717) is 5.92 Å². The molecule has 6 aromatic carbocycles. The molecule has 3 atom stereocenters. The lowest BCUT2D eigenvalue weighted by Gasteiger charge is -2.47. The normalized spacial score (nSPS) is 21.4. The van der Waals surface area contributed by atoms with Gasteiger partial charge in [0.15, 0.2) is 0 Å². The van der Waals surface area contributed by atoms with Crippen molar-refractivity contribution in [2.75, 3.05) is 0 Å². The molecular weight excluding hydrogens is 754 g/mol. The fourth-order valence-electron chi connectivity index (χ4n) is 13.3. The molecule has 0 N–H and O–H groups in total. The van der Waals surface area contributed by atoms with Crippen molar-refractivity contribution < 1.29 is 0 Å². The first-order valence-corrected chi connectivity index (χ1v) is 24.5. The third-order valence-corrected chi connectivity index (χ3v) is 16.9. The summed E-state index contributed by atoms with van der Waals surface area (Å²) >= 11 is 0. The van der Waals surface area contributed by atoms with Crippen LogP contribution < -0.4 is 10.9 Å². The van der Waals surface area contributed by atoms with Crippen molar-refractivity contribution in [2.24, 2.45) is 5.41 Å². The molecule has 2 heteroatoms. The highest BCUT2D eigenvalue weighted by molar-refractivity contribution is 6.37. The second-order valence-corrected chi connectivity index (χ2v) is 20.0. The van der Waals surface area contributed by atoms with E-state index in [9.17, 15) is 0 Å². The van der Waals surface area contributed by atoms with Gasteiger partial charge in [-0.15, -0.1) is 0 Å². The molecule has 0 fully saturated rings. The van der Waals surface area contributed by atoms with Gasteiger partial charge in [-0.05, 0) is 131 Å². The van der Waals surface area contributed by atoms with Gasteiger partial charge in [0.2, 0.25) is 0 Å². The molecule has 0 amide bonds. The van der Waals surface area contributed by atoms with E-state index in [0.717, 1.165) is 49.5 Å². The predicted octanol–water partition coefficient (Wildman–Crippen LogP) is 12.7. The number of rotatable bonds is 16. The van der Waals surface area contributed by atoms with Crippen molar-refractivity contribution in [3.63, 3.8) is 0 Å². The van der Waals surface area contributed by atoms with Gasteiger partial charge in [-0.2, -0.15) is 0 Å². The maximum atomic E-state index is 6.77. The highest BCUT2D eigenvalue weighted by atomic mass is 14.6. The first-order chi connectivity index (χ1) is 30.9. The van der Waals surface area contributed by atoms with E-state index >= 15 is 0 Å². The van der Waals surface area contributed by atoms with Crippen molar-refractivity contribution in [1.82, 2.24) is 0 Å². The zero-order valence-electron chi connectivity index (χ0n) is 37.4. The number of unbranched alkanes of at least 4 members (excludes halogenated alkanes) is 6. The van der Waals surface area contributed by atoms with Gasteiger partial charge < -0.3 is 0 Å². The van der Waals surface area contributed by atoms with Gasteiger partial charge >= 0.3 is 0 Å². The van der Waals surface area contributed by atoms with Gasteiger partial charge in [0.1, 0.15) is 15.7 Å². The fourth-order valence-corrected chi connectivity index (χ4v) is 13.3. The highest BCUT2D eigenvalue weighted by Gasteiger charge is 2.59. The van der Waals surface area contributed by atoms with E-state index < -0.39 is 0 Å². The summed E-state index contributed by atoms with van der Waals surface area (Å²) in [6.45, 7) is 2.54. The van der Waals surface area contributed by atoms with Gasteiger partial charge in [-0.25, -0.2) is 0 Å². The zero-order valence-corrected chi connectivity index (χ0v) is 37.4. The van der Waals surface area contributed by atoms with Crippen LogP contribution in [0.15, 0.2) is 146 Å². The second-order valence-electron chi connectivity index (χ2n) is 20.0. The minimum absolute atomic E-state index is 0.0120. The maximum absolute atomic E-state index is 6.77. The van der Waals surface area contributed by atoms with Crippen LogP contribution >= 0.6 is 0 Å². The molecule has 0 spiro atoms. The molecule has 63 heavy (non-hydrogen) atoms. The first-order valence-electron chi connectivity index (χ1n) is 24.5. The number of hydrogen-bond donors (Lipinski definition) is 0. The van der Waals surface area contributed by atoms with Crippen molar-refractivity contribution in [3.8, 4) is 11.1 Å². The minimum atomic E-state index is -0.0914. The smallest absolute Gasteiger partial charge is 0.0933 e. The molecule has 5 aliphatic carbocycles. The summed E-state index contributed by atoms with van der Waals surface area (Å²) in [5.41, 5.74) is 22.2. The molecule has 0 saturated carbocycles. The Morgan fingerprint density at radius 1 is 0.492 bits per heavy atom. The third-order valence-electron chi connectivity index (χ3n) is 16.9. The molecule has 0 saturated heterocycles. The van der Waals surface area contributed by atoms with Gasteiger partial charge in [0.05, 0.1) is 0 Å². The van der Waals surface area contributed by atoms with Crippen LogP contribution in [0.3, 0.4) is 0 Å². The molecule has 0 aliphatic heterocycles. The number of allylic oxidation sites excluding steroid dienone is 4. The van der Waals surface area contributed by atoms with Gasteiger partial charge in [-0.3, -0.25) is 0 Å². The average molecular weight is 815 g/mol. The Morgan fingerprint density at radius 2 is 1.02 bits per heavy atom. The van der Waals surface area contributed by atoms with Crippen LogP contribution in [0.2, 0.25) is 0 Å². The monoisotopic (exact) mass is 814 g/mol. The summed E-state index contributed by atoms with van der Waals surface area (Å²) < 4.78 is 0. The summed E-state index contributed by atoms with van der Waals surface area (Å²) in [6.07, 6.45) is 28.2. The Hall–Kier alpha value is -5.07. The van der Waals surface area contributed by atoms with Crippen molar-refractivity contribution in [2.45, 2.75) is 126 Å². The zero-order chi connectivity index (χ0) is 42.6. The molecule has 11 rings (SSSR count). The Kier molecular flexibility index (Phi) is 10.6. The Bertz CT molecular complexity index is 2720. The number of fused-ring (bicyclic) bond motifs is 8. The van der Waals surface area contributed by atoms with Gasteiger partial charge in [0, 0.05) is 22.2 Å². The molecule has 4 radical (unpaired) electrons. The molecular formula is C61H60B2. The molecule has 310 valence electrons. The second kappa shape index (κ2) is 16.5. The summed E-state index contributed by atoms with van der Waals surface area (Å²) in [5.74, 6) is 0.406. The lowest BCUT2D eigenvalue weighted by molar-refractivity contribution is 0.225. The van der Waals surface area contributed by atoms with E-state index in [-0.39, 0.29) is 16.2 Å². The first kappa shape index (κ1) is 40.7. The van der Waals surface area contributed by atoms with Crippen molar-refractivity contribution >= 4 is 26.6 Å². The van der Waals surface area contributed by atoms with E-state index in [2.05, 4.69) is 153 Å². The van der Waals surface area contributed by atoms with Crippen LogP contribution in [0, 0.1) is 5.41 Å². The topological polar surface area (TPSA) is 0 Å². The van der Waals surface area contributed by atoms with Crippen LogP contribution in [0.1, 0.15) is 144 Å². The van der Waals surface area contributed by atoms with Crippen LogP contribution in [0.4, 0.5) is 0 Å². The quantitative estimate of drug-likeness (QED) is 0.0674. The predicted molar refractivity (Wildman–Crippen MR) is 267 cm³/mol. The standard InChI is InChI=1S/C61H60B2/c1-59-35-17-14-23-53(59)52-22-10-13-26-56(52)61(59,49-34-32-43-28-30-45(43)39-49)37-16-5-3-7-19-47-41-57(62)46(40-58(47)63)18-6-2-4-15-36-60(48-33-31-42-27-29-44(42)38-48)54-24-11-8-20-50(54)51-21-9-12-25-55(51)60/h8-14,17,20-26,31-35,38-41,53H,2-7,15-16,18-19,27-30,36-37H2,1H3. The SMILES string of the molecule is [B]c1cc(CCCCCCC2(c3ccc4c(c3)CC4)c3ccccc3C3C=CC=CC32C)c([B])cc1CCCCCCC1(c2ccc3c(c2)CC3)c2ccccc2-c2ccccc21. The van der Waals surface area contributed by atoms with Crippen molar-refractivity contribution in [3.05, 3.63) is 212 Å². The maximum Gasteiger partial charge on any atom is 0.114 e. The minimum Gasteiger partial charge on any atom is -0.0933 e. The van der Waals surface area contributed by atoms with Crippen LogP contribution in [0.25, 0.3) is 11.1 Å². The highest BCUT2D eigenvalue weighted by Crippen LogP contribution is 2.66. The summed E-state index contributed by atoms with van der Waals surface area (Å²) in [5, 5.41) is 0. The summed E-state index contributed by atoms with van der Waals surface area (Å²) in [4.78, 5) is 0. The van der Waals surface area contributed by atoms with Crippen LogP contribution in [0.5, 0.6) is 0 Å². The Balaban J connectivity index is 0.701. The van der Waals surface area contributed by atoms with Crippen LogP contribution in [-0.2, 0) is 49.4 Å². The van der Waals surface area contributed by atoms with Crippen LogP contribution in [-0.4, -0.2) is 15.7 Å². The fraction of sp³-hybridized carbons (Fsp3) is 0.344. The largest absolute Gasteiger partial charge is 0.114 e. The van der Waals surface area contributed by atoms with E-state index in [1.165, 1.54) is 120 Å². The molecule has 3 unspecified atom stereocenters. The number of hydrogen-bond acceptors (Lipinski definition) is 0. The van der Waals surface area contributed by atoms with E-state index in [1.54, 1.807) is 22.3 Å². The Labute approximate surface area is 380 Å². The van der Waals surface area contributed by atoms with Crippen molar-refractivity contribution in [1.29, 1.82) is 0 Å².